The van der Waals surface area contributed by atoms with Crippen LogP contribution in [0.1, 0.15) is 13.3 Å². The molecule has 16 heavy (non-hydrogen) atoms. The molecule has 1 aromatic heterocycles. The number of hydrogen-bond donors (Lipinski definition) is 1. The molecule has 2 heterocycles. The van der Waals surface area contributed by atoms with Crippen molar-refractivity contribution in [2.24, 2.45) is 11.7 Å². The van der Waals surface area contributed by atoms with E-state index in [1.54, 1.807) is 6.20 Å². The summed E-state index contributed by atoms with van der Waals surface area (Å²) in [6.45, 7) is 4.06. The fraction of sp³-hybridized carbons (Fsp3) is 0.545. The van der Waals surface area contributed by atoms with Crippen molar-refractivity contribution in [1.29, 1.82) is 0 Å². The molecular formula is C11H15BrClN3. The third-order valence-corrected chi connectivity index (χ3v) is 3.85. The fourth-order valence-corrected chi connectivity index (χ4v) is 2.94. The third kappa shape index (κ3) is 2.50. The lowest BCUT2D eigenvalue weighted by Gasteiger charge is -2.20. The minimum Gasteiger partial charge on any atom is -0.355 e. The van der Waals surface area contributed by atoms with E-state index in [1.165, 1.54) is 0 Å². The summed E-state index contributed by atoms with van der Waals surface area (Å²) in [7, 11) is 0. The van der Waals surface area contributed by atoms with E-state index in [0.717, 1.165) is 29.8 Å². The van der Waals surface area contributed by atoms with Crippen LogP contribution in [0.5, 0.6) is 0 Å². The van der Waals surface area contributed by atoms with Crippen molar-refractivity contribution in [3.63, 3.8) is 0 Å². The second-order valence-corrected chi connectivity index (χ2v) is 5.60. The van der Waals surface area contributed by atoms with Gasteiger partial charge in [-0.1, -0.05) is 11.6 Å². The van der Waals surface area contributed by atoms with Crippen molar-refractivity contribution >= 4 is 33.3 Å². The molecule has 0 aliphatic carbocycles. The molecule has 2 N–H and O–H groups in total. The number of nitrogens with two attached hydrogens (primary N) is 1. The van der Waals surface area contributed by atoms with Gasteiger partial charge in [-0.3, -0.25) is 0 Å². The fourth-order valence-electron chi connectivity index (χ4n) is 2.05. The molecule has 2 rings (SSSR count). The first-order chi connectivity index (χ1) is 7.58. The third-order valence-electron chi connectivity index (χ3n) is 3.06. The molecule has 2 unspecified atom stereocenters. The van der Waals surface area contributed by atoms with Gasteiger partial charge in [0.25, 0.3) is 0 Å². The van der Waals surface area contributed by atoms with Crippen molar-refractivity contribution in [3.8, 4) is 0 Å². The first-order valence-corrected chi connectivity index (χ1v) is 6.56. The number of hydrogen-bond acceptors (Lipinski definition) is 3. The molecule has 0 saturated carbocycles. The van der Waals surface area contributed by atoms with Crippen LogP contribution in [0.25, 0.3) is 0 Å². The largest absolute Gasteiger partial charge is 0.355 e. The van der Waals surface area contributed by atoms with Crippen molar-refractivity contribution in [3.05, 3.63) is 21.8 Å². The number of pyridine rings is 1. The van der Waals surface area contributed by atoms with E-state index in [0.29, 0.717) is 10.9 Å². The van der Waals surface area contributed by atoms with E-state index < -0.39 is 0 Å². The average Bonchev–Trinajstić information content (AvgIpc) is 2.66. The van der Waals surface area contributed by atoms with Crippen LogP contribution in [0.4, 0.5) is 5.82 Å². The molecule has 1 fully saturated rings. The summed E-state index contributed by atoms with van der Waals surface area (Å²) in [4.78, 5) is 6.62. The molecular weight excluding hydrogens is 289 g/mol. The monoisotopic (exact) mass is 303 g/mol. The van der Waals surface area contributed by atoms with Crippen LogP contribution in [0.3, 0.4) is 0 Å². The van der Waals surface area contributed by atoms with Crippen molar-refractivity contribution in [2.45, 2.75) is 19.4 Å². The van der Waals surface area contributed by atoms with Crippen LogP contribution in [0.15, 0.2) is 16.7 Å². The van der Waals surface area contributed by atoms with Gasteiger partial charge in [0.15, 0.2) is 0 Å². The second kappa shape index (κ2) is 4.90. The van der Waals surface area contributed by atoms with Gasteiger partial charge in [-0.15, -0.1) is 0 Å². The highest BCUT2D eigenvalue weighted by molar-refractivity contribution is 9.10. The van der Waals surface area contributed by atoms with Gasteiger partial charge in [-0.05, 0) is 41.3 Å². The summed E-state index contributed by atoms with van der Waals surface area (Å²) < 4.78 is 0.949. The van der Waals surface area contributed by atoms with Crippen LogP contribution in [-0.4, -0.2) is 24.1 Å². The van der Waals surface area contributed by atoms with E-state index in [2.05, 4.69) is 32.7 Å². The predicted molar refractivity (Wildman–Crippen MR) is 70.9 cm³/mol. The highest BCUT2D eigenvalue weighted by atomic mass is 79.9. The average molecular weight is 305 g/mol. The van der Waals surface area contributed by atoms with E-state index in [-0.39, 0.29) is 6.04 Å². The lowest BCUT2D eigenvalue weighted by atomic mass is 10.0. The minimum atomic E-state index is 0.246. The zero-order chi connectivity index (χ0) is 11.7. The van der Waals surface area contributed by atoms with Crippen LogP contribution in [0, 0.1) is 5.92 Å². The van der Waals surface area contributed by atoms with Crippen LogP contribution in [-0.2, 0) is 0 Å². The molecule has 88 valence electrons. The Morgan fingerprint density at radius 2 is 2.44 bits per heavy atom. The van der Waals surface area contributed by atoms with Crippen LogP contribution < -0.4 is 10.6 Å². The Kier molecular flexibility index (Phi) is 3.72. The Morgan fingerprint density at radius 3 is 3.00 bits per heavy atom. The maximum atomic E-state index is 5.92. The predicted octanol–water partition coefficient (Wildman–Crippen LogP) is 2.67. The summed E-state index contributed by atoms with van der Waals surface area (Å²) >= 11 is 9.37. The van der Waals surface area contributed by atoms with Gasteiger partial charge in [0, 0.05) is 25.3 Å². The standard InChI is InChI=1S/C11H15BrClN3/c1-7(14)8-2-3-16(6-8)11-10(12)4-9(13)5-15-11/h4-5,7-8H,2-3,6,14H2,1H3. The molecule has 0 amide bonds. The van der Waals surface area contributed by atoms with Crippen molar-refractivity contribution < 1.29 is 0 Å². The molecule has 0 radical (unpaired) electrons. The number of nitrogens with zero attached hydrogens (tertiary/aromatic N) is 2. The normalized spacial score (nSPS) is 22.5. The molecule has 1 aromatic rings. The summed E-state index contributed by atoms with van der Waals surface area (Å²) in [5.41, 5.74) is 5.92. The summed E-state index contributed by atoms with van der Waals surface area (Å²) in [6, 6.07) is 2.12. The molecule has 3 nitrogen and oxygen atoms in total. The maximum Gasteiger partial charge on any atom is 0.142 e. The van der Waals surface area contributed by atoms with Gasteiger partial charge < -0.3 is 10.6 Å². The van der Waals surface area contributed by atoms with Gasteiger partial charge in [0.2, 0.25) is 0 Å². The van der Waals surface area contributed by atoms with Gasteiger partial charge in [-0.2, -0.15) is 0 Å². The van der Waals surface area contributed by atoms with Gasteiger partial charge in [-0.25, -0.2) is 4.98 Å². The first-order valence-electron chi connectivity index (χ1n) is 5.39. The molecule has 0 bridgehead atoms. The Balaban J connectivity index is 2.14. The quantitative estimate of drug-likeness (QED) is 0.913. The molecule has 2 atom stereocenters. The SMILES string of the molecule is CC(N)C1CCN(c2ncc(Cl)cc2Br)C1. The number of halogens is 2. The molecule has 1 saturated heterocycles. The Bertz CT molecular complexity index is 383. The minimum absolute atomic E-state index is 0.246. The summed E-state index contributed by atoms with van der Waals surface area (Å²) in [5.74, 6) is 1.52. The summed E-state index contributed by atoms with van der Waals surface area (Å²) in [6.07, 6.45) is 2.81. The van der Waals surface area contributed by atoms with Gasteiger partial charge >= 0.3 is 0 Å². The Hall–Kier alpha value is -0.320. The number of rotatable bonds is 2. The molecule has 0 aromatic carbocycles. The Morgan fingerprint density at radius 1 is 1.69 bits per heavy atom. The molecule has 1 aliphatic heterocycles. The number of aromatic nitrogens is 1. The van der Waals surface area contributed by atoms with Gasteiger partial charge in [0.05, 0.1) is 9.50 Å². The highest BCUT2D eigenvalue weighted by Crippen LogP contribution is 2.30. The Labute approximate surface area is 109 Å². The number of anilines is 1. The maximum absolute atomic E-state index is 5.92. The van der Waals surface area contributed by atoms with E-state index in [9.17, 15) is 0 Å². The van der Waals surface area contributed by atoms with Gasteiger partial charge in [0.1, 0.15) is 5.82 Å². The second-order valence-electron chi connectivity index (χ2n) is 4.31. The smallest absolute Gasteiger partial charge is 0.142 e. The van der Waals surface area contributed by atoms with Crippen molar-refractivity contribution in [1.82, 2.24) is 4.98 Å². The van der Waals surface area contributed by atoms with E-state index in [1.807, 2.05) is 6.07 Å². The van der Waals surface area contributed by atoms with E-state index in [4.69, 9.17) is 17.3 Å². The zero-order valence-electron chi connectivity index (χ0n) is 9.16. The van der Waals surface area contributed by atoms with E-state index >= 15 is 0 Å². The first kappa shape index (κ1) is 12.1. The lowest BCUT2D eigenvalue weighted by Crippen LogP contribution is -2.30. The molecule has 5 heteroatoms. The van der Waals surface area contributed by atoms with Crippen LogP contribution in [0.2, 0.25) is 5.02 Å². The summed E-state index contributed by atoms with van der Waals surface area (Å²) in [5, 5.41) is 0.651. The van der Waals surface area contributed by atoms with Crippen LogP contribution >= 0.6 is 27.5 Å². The van der Waals surface area contributed by atoms with Crippen molar-refractivity contribution in [2.75, 3.05) is 18.0 Å². The molecule has 1 aliphatic rings. The topological polar surface area (TPSA) is 42.1 Å². The molecule has 0 spiro atoms. The zero-order valence-corrected chi connectivity index (χ0v) is 11.5. The highest BCUT2D eigenvalue weighted by Gasteiger charge is 2.27. The lowest BCUT2D eigenvalue weighted by molar-refractivity contribution is 0.488.